The molecule has 36 heavy (non-hydrogen) atoms. The summed E-state index contributed by atoms with van der Waals surface area (Å²) >= 11 is 1.34. The zero-order valence-corrected chi connectivity index (χ0v) is 21.0. The third kappa shape index (κ3) is 4.13. The molecule has 1 aliphatic heterocycles. The lowest BCUT2D eigenvalue weighted by atomic mass is 9.98. The highest BCUT2D eigenvalue weighted by Gasteiger charge is 2.48. The van der Waals surface area contributed by atoms with Crippen molar-refractivity contribution < 1.29 is 19.4 Å². The van der Waals surface area contributed by atoms with E-state index in [9.17, 15) is 14.7 Å². The fourth-order valence-corrected chi connectivity index (χ4v) is 5.33. The van der Waals surface area contributed by atoms with Crippen molar-refractivity contribution in [3.05, 3.63) is 89.3 Å². The van der Waals surface area contributed by atoms with Gasteiger partial charge >= 0.3 is 5.91 Å². The molecular formula is C28H25N3O4S. The SMILES string of the molecule is CCOc1cccc(/C(O)=C2\C(=O)C(=O)N(c3nc4ccc(C(C)C)cc4s3)C2c2ccccn2)c1. The molecule has 0 aliphatic carbocycles. The van der Waals surface area contributed by atoms with Crippen LogP contribution in [0.4, 0.5) is 5.13 Å². The number of aliphatic hydroxyl groups excluding tert-OH is 1. The summed E-state index contributed by atoms with van der Waals surface area (Å²) in [7, 11) is 0. The molecule has 4 aromatic rings. The van der Waals surface area contributed by atoms with Gasteiger partial charge in [0.05, 0.1) is 28.1 Å². The Morgan fingerprint density at radius 1 is 1.11 bits per heavy atom. The molecule has 3 heterocycles. The summed E-state index contributed by atoms with van der Waals surface area (Å²) in [6.07, 6.45) is 1.60. The molecule has 0 bridgehead atoms. The number of anilines is 1. The highest BCUT2D eigenvalue weighted by molar-refractivity contribution is 7.22. The summed E-state index contributed by atoms with van der Waals surface area (Å²) in [6.45, 7) is 6.55. The molecule has 1 saturated heterocycles. The van der Waals surface area contributed by atoms with Gasteiger partial charge in [-0.3, -0.25) is 19.5 Å². The highest BCUT2D eigenvalue weighted by atomic mass is 32.1. The van der Waals surface area contributed by atoms with E-state index in [1.807, 2.05) is 19.1 Å². The van der Waals surface area contributed by atoms with Crippen molar-refractivity contribution in [3.63, 3.8) is 0 Å². The number of ketones is 1. The lowest BCUT2D eigenvalue weighted by molar-refractivity contribution is -0.132. The molecule has 7 nitrogen and oxygen atoms in total. The molecule has 2 aromatic heterocycles. The second-order valence-corrected chi connectivity index (χ2v) is 9.77. The van der Waals surface area contributed by atoms with Gasteiger partial charge in [-0.2, -0.15) is 0 Å². The summed E-state index contributed by atoms with van der Waals surface area (Å²) in [5.41, 5.74) is 2.71. The van der Waals surface area contributed by atoms with Gasteiger partial charge in [-0.25, -0.2) is 4.98 Å². The number of Topliss-reactive ketones (excluding diaryl/α,β-unsaturated/α-hetero) is 1. The van der Waals surface area contributed by atoms with Crippen LogP contribution in [0.5, 0.6) is 5.75 Å². The topological polar surface area (TPSA) is 92.6 Å². The summed E-state index contributed by atoms with van der Waals surface area (Å²) in [5, 5.41) is 11.7. The van der Waals surface area contributed by atoms with E-state index in [1.54, 1.807) is 48.7 Å². The monoisotopic (exact) mass is 499 g/mol. The number of hydrogen-bond donors (Lipinski definition) is 1. The molecule has 5 rings (SSSR count). The van der Waals surface area contributed by atoms with Crippen molar-refractivity contribution >= 4 is 44.1 Å². The van der Waals surface area contributed by atoms with Crippen LogP contribution in [0.3, 0.4) is 0 Å². The number of pyridine rings is 1. The van der Waals surface area contributed by atoms with Gasteiger partial charge in [0.2, 0.25) is 0 Å². The normalized spacial score (nSPS) is 17.3. The van der Waals surface area contributed by atoms with Crippen LogP contribution in [-0.4, -0.2) is 33.4 Å². The number of aromatic nitrogens is 2. The number of carbonyl (C=O) groups is 2. The fraction of sp³-hybridized carbons (Fsp3) is 0.214. The molecule has 0 radical (unpaired) electrons. The van der Waals surface area contributed by atoms with Gasteiger partial charge < -0.3 is 9.84 Å². The first kappa shape index (κ1) is 23.7. The Bertz CT molecular complexity index is 1490. The van der Waals surface area contributed by atoms with Crippen LogP contribution in [0.2, 0.25) is 0 Å². The van der Waals surface area contributed by atoms with Crippen molar-refractivity contribution in [2.75, 3.05) is 11.5 Å². The Morgan fingerprint density at radius 3 is 2.67 bits per heavy atom. The van der Waals surface area contributed by atoms with Crippen LogP contribution in [0.1, 0.15) is 49.6 Å². The quantitative estimate of drug-likeness (QED) is 0.204. The summed E-state index contributed by atoms with van der Waals surface area (Å²) in [6, 6.07) is 17.2. The third-order valence-electron chi connectivity index (χ3n) is 6.10. The van der Waals surface area contributed by atoms with Gasteiger partial charge in [0.25, 0.3) is 5.78 Å². The second-order valence-electron chi connectivity index (χ2n) is 8.76. The lowest BCUT2D eigenvalue weighted by Gasteiger charge is -2.22. The Labute approximate surface area is 212 Å². The maximum Gasteiger partial charge on any atom is 0.301 e. The van der Waals surface area contributed by atoms with Gasteiger partial charge in [0.15, 0.2) is 5.13 Å². The summed E-state index contributed by atoms with van der Waals surface area (Å²) < 4.78 is 6.47. The number of aliphatic hydroxyl groups is 1. The van der Waals surface area contributed by atoms with E-state index in [1.165, 1.54) is 16.2 Å². The molecule has 0 spiro atoms. The first-order valence-electron chi connectivity index (χ1n) is 11.7. The van der Waals surface area contributed by atoms with Crippen molar-refractivity contribution in [1.29, 1.82) is 0 Å². The number of hydrogen-bond acceptors (Lipinski definition) is 7. The summed E-state index contributed by atoms with van der Waals surface area (Å²) in [5.74, 6) is -0.924. The van der Waals surface area contributed by atoms with Crippen molar-refractivity contribution in [3.8, 4) is 5.75 Å². The minimum atomic E-state index is -0.924. The molecule has 1 aliphatic rings. The van der Waals surface area contributed by atoms with Crippen LogP contribution in [0.15, 0.2) is 72.4 Å². The Morgan fingerprint density at radius 2 is 1.94 bits per heavy atom. The molecule has 1 amide bonds. The summed E-state index contributed by atoms with van der Waals surface area (Å²) in [4.78, 5) is 37.2. The van der Waals surface area contributed by atoms with Gasteiger partial charge in [0.1, 0.15) is 17.6 Å². The molecule has 182 valence electrons. The van der Waals surface area contributed by atoms with Crippen molar-refractivity contribution in [2.24, 2.45) is 0 Å². The van der Waals surface area contributed by atoms with Crippen LogP contribution in [-0.2, 0) is 9.59 Å². The van der Waals surface area contributed by atoms with Crippen molar-refractivity contribution in [2.45, 2.75) is 32.7 Å². The van der Waals surface area contributed by atoms with E-state index in [4.69, 9.17) is 4.74 Å². The highest BCUT2D eigenvalue weighted by Crippen LogP contribution is 2.44. The number of fused-ring (bicyclic) bond motifs is 1. The van der Waals surface area contributed by atoms with Gasteiger partial charge in [-0.1, -0.05) is 49.4 Å². The van der Waals surface area contributed by atoms with Gasteiger partial charge in [-0.15, -0.1) is 0 Å². The number of carbonyl (C=O) groups excluding carboxylic acids is 2. The Hall–Kier alpha value is -4.04. The molecule has 8 heteroatoms. The van der Waals surface area contributed by atoms with Crippen LogP contribution < -0.4 is 9.64 Å². The van der Waals surface area contributed by atoms with Gasteiger partial charge in [-0.05, 0) is 54.8 Å². The average Bonchev–Trinajstić information content (AvgIpc) is 3.42. The van der Waals surface area contributed by atoms with E-state index in [-0.39, 0.29) is 11.3 Å². The van der Waals surface area contributed by atoms with Crippen molar-refractivity contribution in [1.82, 2.24) is 9.97 Å². The molecule has 1 atom stereocenters. The number of ether oxygens (including phenoxy) is 1. The average molecular weight is 500 g/mol. The largest absolute Gasteiger partial charge is 0.507 e. The lowest BCUT2D eigenvalue weighted by Crippen LogP contribution is -2.29. The molecule has 1 unspecified atom stereocenters. The van der Waals surface area contributed by atoms with E-state index in [2.05, 4.69) is 29.9 Å². The standard InChI is InChI=1S/C28H25N3O4S/c1-4-35-19-9-7-8-18(14-19)25(32)23-24(21-10-5-6-13-29-21)31(27(34)26(23)33)28-30-20-12-11-17(16(2)3)15-22(20)36-28/h5-16,24,32H,4H2,1-3H3/b25-23+. The minimum absolute atomic E-state index is 0.0329. The molecule has 1 N–H and O–H groups in total. The Balaban J connectivity index is 1.68. The molecular weight excluding hydrogens is 474 g/mol. The zero-order chi connectivity index (χ0) is 25.4. The number of nitrogens with zero attached hydrogens (tertiary/aromatic N) is 3. The predicted molar refractivity (Wildman–Crippen MR) is 140 cm³/mol. The third-order valence-corrected chi connectivity index (χ3v) is 7.12. The second kappa shape index (κ2) is 9.54. The van der Waals surface area contributed by atoms with E-state index in [0.717, 1.165) is 15.8 Å². The maximum atomic E-state index is 13.4. The van der Waals surface area contributed by atoms with Crippen LogP contribution in [0.25, 0.3) is 16.0 Å². The fourth-order valence-electron chi connectivity index (χ4n) is 4.29. The first-order valence-corrected chi connectivity index (χ1v) is 12.6. The van der Waals surface area contributed by atoms with Gasteiger partial charge in [0, 0.05) is 11.8 Å². The zero-order valence-electron chi connectivity index (χ0n) is 20.1. The molecule has 1 fully saturated rings. The first-order chi connectivity index (χ1) is 17.4. The molecule has 0 saturated carbocycles. The van der Waals surface area contributed by atoms with E-state index >= 15 is 0 Å². The number of rotatable bonds is 6. The smallest absolute Gasteiger partial charge is 0.301 e. The number of amides is 1. The maximum absolute atomic E-state index is 13.4. The minimum Gasteiger partial charge on any atom is -0.507 e. The Kier molecular flexibility index (Phi) is 6.28. The predicted octanol–water partition coefficient (Wildman–Crippen LogP) is 5.84. The molecule has 2 aromatic carbocycles. The van der Waals surface area contributed by atoms with E-state index in [0.29, 0.717) is 34.7 Å². The number of benzene rings is 2. The van der Waals surface area contributed by atoms with Crippen LogP contribution >= 0.6 is 11.3 Å². The van der Waals surface area contributed by atoms with Crippen LogP contribution in [0, 0.1) is 0 Å². The van der Waals surface area contributed by atoms with E-state index < -0.39 is 17.7 Å². The number of thiazole rings is 1.